The van der Waals surface area contributed by atoms with E-state index in [0.717, 1.165) is 49.8 Å². The number of rotatable bonds is 11. The number of ether oxygens (including phenoxy) is 1. The Kier molecular flexibility index (Phi) is 12.4. The molecule has 0 bridgehead atoms. The van der Waals surface area contributed by atoms with Gasteiger partial charge in [-0.2, -0.15) is 49.6 Å². The van der Waals surface area contributed by atoms with Gasteiger partial charge in [0.1, 0.15) is 40.9 Å². The summed E-state index contributed by atoms with van der Waals surface area (Å²) in [7, 11) is -7.88. The number of pyridine rings is 1. The number of nitrogens with one attached hydrogen (secondary N) is 1. The lowest BCUT2D eigenvalue weighted by Crippen LogP contribution is -2.36. The first-order chi connectivity index (χ1) is 31.2. The molecule has 0 radical (unpaired) electrons. The highest BCUT2D eigenvalue weighted by atomic mass is 35.5. The number of halogens is 11. The Morgan fingerprint density at radius 1 is 0.971 bits per heavy atom. The minimum atomic E-state index is -5.22. The zero-order valence-electron chi connectivity index (χ0n) is 35.6. The molecule has 3 heterocycles. The van der Waals surface area contributed by atoms with E-state index in [2.05, 4.69) is 37.1 Å². The molecule has 7 rings (SSSR count). The van der Waals surface area contributed by atoms with E-state index in [0.29, 0.717) is 12.3 Å². The van der Waals surface area contributed by atoms with Gasteiger partial charge in [0.15, 0.2) is 21.3 Å². The Morgan fingerprint density at radius 3 is 2.18 bits per heavy atom. The van der Waals surface area contributed by atoms with E-state index in [1.807, 2.05) is 0 Å². The van der Waals surface area contributed by atoms with Crippen LogP contribution in [0.1, 0.15) is 66.1 Å². The summed E-state index contributed by atoms with van der Waals surface area (Å²) in [5.74, 6) is -6.01. The number of sulfone groups is 1. The highest BCUT2D eigenvalue weighted by Gasteiger charge is 2.68. The fourth-order valence-corrected chi connectivity index (χ4v) is 9.12. The van der Waals surface area contributed by atoms with Gasteiger partial charge in [-0.3, -0.25) is 14.2 Å². The molecule has 0 spiro atoms. The lowest BCUT2D eigenvalue weighted by molar-refractivity contribution is -0.143. The predicted molar refractivity (Wildman–Crippen MR) is 222 cm³/mol. The minimum Gasteiger partial charge on any atom is -0.452 e. The standard InChI is InChI=1S/C41H34ClF10N7O7S2/c1-38(2,67(4,62)63)11-10-22-6-7-23(24-8-9-27(42)31-33(24)58(18-39(45,46)47)56-36(31)59(37(61)66-3)68(5,64)65)32(53-22)28(14-19-12-20(43)15-21(44)13-19)54-29(60)17-57-35-30(34(55-57)41(50,51)52)25-16-26(25)40(35,48)49/h6-9,12-13,15,25-26,28H,14,16-18H2,1-5H3,(H,54,60)/t25-,26+,28-/m0/s1. The second kappa shape index (κ2) is 16.9. The second-order valence-corrected chi connectivity index (χ2v) is 21.3. The van der Waals surface area contributed by atoms with E-state index in [9.17, 15) is 61.5 Å². The van der Waals surface area contributed by atoms with Crippen molar-refractivity contribution in [2.75, 3.05) is 23.9 Å². The van der Waals surface area contributed by atoms with E-state index < -0.39 is 148 Å². The van der Waals surface area contributed by atoms with Gasteiger partial charge in [0.2, 0.25) is 15.9 Å². The van der Waals surface area contributed by atoms with Crippen molar-refractivity contribution in [2.24, 2.45) is 5.92 Å². The summed E-state index contributed by atoms with van der Waals surface area (Å²) in [5, 5.41) is 8.55. The number of fused-ring (bicyclic) bond motifs is 4. The zero-order chi connectivity index (χ0) is 50.4. The topological polar surface area (TPSA) is 175 Å². The Labute approximate surface area is 384 Å². The van der Waals surface area contributed by atoms with Crippen molar-refractivity contribution in [3.63, 3.8) is 0 Å². The number of amides is 2. The van der Waals surface area contributed by atoms with Crippen LogP contribution in [-0.2, 0) is 61.0 Å². The van der Waals surface area contributed by atoms with Crippen LogP contribution in [0.5, 0.6) is 0 Å². The first kappa shape index (κ1) is 50.0. The number of aromatic nitrogens is 5. The van der Waals surface area contributed by atoms with Crippen molar-refractivity contribution >= 4 is 60.2 Å². The van der Waals surface area contributed by atoms with Crippen molar-refractivity contribution in [3.8, 4) is 23.0 Å². The van der Waals surface area contributed by atoms with Gasteiger partial charge in [-0.15, -0.1) is 0 Å². The SMILES string of the molecule is COC(=O)N(c1nn(CC(F)(F)F)c2c(-c3ccc(C#CC(C)(C)S(C)(=O)=O)nc3[C@H](Cc3cc(F)cc(F)c3)NC(=O)Cn3nc(C(F)(F)F)c4c3C(F)(F)[C@@H]3C[C@H]43)ccc(Cl)c12)S(C)(=O)=O. The first-order valence-corrected chi connectivity index (χ1v) is 23.7. The average molecular weight is 1030 g/mol. The Morgan fingerprint density at radius 2 is 1.60 bits per heavy atom. The van der Waals surface area contributed by atoms with Gasteiger partial charge in [0.05, 0.1) is 41.0 Å². The van der Waals surface area contributed by atoms with Crippen LogP contribution in [0.4, 0.5) is 54.5 Å². The van der Waals surface area contributed by atoms with Crippen molar-refractivity contribution < 1.29 is 75.1 Å². The molecule has 27 heteroatoms. The lowest BCUT2D eigenvalue weighted by Gasteiger charge is -2.23. The largest absolute Gasteiger partial charge is 0.452 e. The summed E-state index contributed by atoms with van der Waals surface area (Å²) in [6.45, 7) is -0.785. The van der Waals surface area contributed by atoms with Crippen molar-refractivity contribution in [3.05, 3.63) is 93.0 Å². The maximum atomic E-state index is 15.5. The molecule has 0 unspecified atom stereocenters. The third-order valence-electron chi connectivity index (χ3n) is 11.2. The number of benzene rings is 2. The van der Waals surface area contributed by atoms with Crippen LogP contribution in [0.25, 0.3) is 22.0 Å². The summed E-state index contributed by atoms with van der Waals surface area (Å²) in [5.41, 5.74) is -5.84. The van der Waals surface area contributed by atoms with Crippen LogP contribution in [-0.4, -0.2) is 83.9 Å². The smallest absolute Gasteiger partial charge is 0.435 e. The van der Waals surface area contributed by atoms with Crippen LogP contribution in [0.3, 0.4) is 0 Å². The molecule has 0 saturated heterocycles. The quantitative estimate of drug-likeness (QED) is 0.101. The fourth-order valence-electron chi connectivity index (χ4n) is 7.86. The Balaban J connectivity index is 1.49. The van der Waals surface area contributed by atoms with Crippen LogP contribution in [0.15, 0.2) is 42.5 Å². The van der Waals surface area contributed by atoms with Gasteiger partial charge in [-0.1, -0.05) is 23.6 Å². The molecule has 1 fully saturated rings. The van der Waals surface area contributed by atoms with E-state index in [1.54, 1.807) is 0 Å². The molecular weight excluding hydrogens is 992 g/mol. The highest BCUT2D eigenvalue weighted by Crippen LogP contribution is 2.68. The number of methoxy groups -OCH3 is 1. The first-order valence-electron chi connectivity index (χ1n) is 19.6. The summed E-state index contributed by atoms with van der Waals surface area (Å²) in [6, 6.07) is 4.77. The number of carbonyl (C=O) groups is 2. The third-order valence-corrected chi connectivity index (χ3v) is 14.4. The van der Waals surface area contributed by atoms with Crippen LogP contribution in [0.2, 0.25) is 5.02 Å². The molecule has 14 nitrogen and oxygen atoms in total. The number of carbonyl (C=O) groups excluding carboxylic acids is 2. The molecule has 3 atom stereocenters. The van der Waals surface area contributed by atoms with Gasteiger partial charge in [0.25, 0.3) is 5.92 Å². The Hall–Kier alpha value is -5.94. The summed E-state index contributed by atoms with van der Waals surface area (Å²) >= 11 is 6.53. The number of alkyl halides is 8. The Bertz CT molecular complexity index is 3200. The van der Waals surface area contributed by atoms with Gasteiger partial charge in [0, 0.05) is 34.9 Å². The number of hydrogen-bond donors (Lipinski definition) is 1. The van der Waals surface area contributed by atoms with E-state index in [4.69, 9.17) is 11.6 Å². The van der Waals surface area contributed by atoms with E-state index >= 15 is 8.78 Å². The molecule has 2 aliphatic rings. The summed E-state index contributed by atoms with van der Waals surface area (Å²) in [6.07, 6.45) is -11.5. The average Bonchev–Trinajstić information content (AvgIpc) is 3.71. The van der Waals surface area contributed by atoms with Crippen LogP contribution < -0.4 is 9.62 Å². The second-order valence-electron chi connectivity index (χ2n) is 16.5. The van der Waals surface area contributed by atoms with Gasteiger partial charge in [-0.05, 0) is 74.4 Å². The molecule has 0 aliphatic heterocycles. The lowest BCUT2D eigenvalue weighted by atomic mass is 9.93. The van der Waals surface area contributed by atoms with E-state index in [-0.39, 0.29) is 42.5 Å². The van der Waals surface area contributed by atoms with Gasteiger partial charge in [-0.25, -0.2) is 35.4 Å². The molecule has 1 saturated carbocycles. The molecule has 364 valence electrons. The molecule has 68 heavy (non-hydrogen) atoms. The fraction of sp³-hybridized carbons (Fsp3) is 0.390. The molecular formula is C41H34ClF10N7O7S2. The van der Waals surface area contributed by atoms with Crippen LogP contribution >= 0.6 is 11.6 Å². The number of anilines is 1. The van der Waals surface area contributed by atoms with E-state index in [1.165, 1.54) is 13.8 Å². The van der Waals surface area contributed by atoms with Gasteiger partial charge < -0.3 is 10.1 Å². The summed E-state index contributed by atoms with van der Waals surface area (Å²) < 4.78 is 200. The van der Waals surface area contributed by atoms with Gasteiger partial charge >= 0.3 is 18.4 Å². The predicted octanol–water partition coefficient (Wildman–Crippen LogP) is 7.82. The molecule has 2 amide bonds. The highest BCUT2D eigenvalue weighted by molar-refractivity contribution is 7.93. The number of nitrogens with zero attached hydrogens (tertiary/aromatic N) is 6. The van der Waals surface area contributed by atoms with Crippen molar-refractivity contribution in [2.45, 2.75) is 74.8 Å². The normalized spacial score (nSPS) is 17.2. The molecule has 3 aromatic heterocycles. The number of sulfonamides is 1. The monoisotopic (exact) mass is 1030 g/mol. The molecule has 2 aliphatic carbocycles. The molecule has 2 aromatic carbocycles. The maximum Gasteiger partial charge on any atom is 0.435 e. The maximum absolute atomic E-state index is 15.5. The third kappa shape index (κ3) is 9.56. The van der Waals surface area contributed by atoms with Crippen molar-refractivity contribution in [1.29, 1.82) is 0 Å². The van der Waals surface area contributed by atoms with Crippen molar-refractivity contribution in [1.82, 2.24) is 29.9 Å². The zero-order valence-corrected chi connectivity index (χ0v) is 38.0. The summed E-state index contributed by atoms with van der Waals surface area (Å²) in [4.78, 5) is 31.5. The molecule has 1 N–H and O–H groups in total. The minimum absolute atomic E-state index is 0.0655. The molecule has 5 aromatic rings. The van der Waals surface area contributed by atoms with Crippen LogP contribution in [0, 0.1) is 29.4 Å². The number of hydrogen-bond acceptors (Lipinski definition) is 10.